The maximum Gasteiger partial charge on any atom is 0.251 e. The zero-order chi connectivity index (χ0) is 20.0. The van der Waals surface area contributed by atoms with Crippen LogP contribution in [0.2, 0.25) is 0 Å². The summed E-state index contributed by atoms with van der Waals surface area (Å²) in [7, 11) is -3.35. The molecule has 3 aromatic rings. The van der Waals surface area contributed by atoms with Crippen LogP contribution in [-0.4, -0.2) is 20.6 Å². The summed E-state index contributed by atoms with van der Waals surface area (Å²) in [6.45, 7) is 0.266. The molecule has 0 aliphatic heterocycles. The largest absolute Gasteiger partial charge is 0.457 e. The molecule has 0 aromatic heterocycles. The first-order valence-corrected chi connectivity index (χ1v) is 10.5. The first kappa shape index (κ1) is 19.4. The molecule has 0 saturated carbocycles. The highest BCUT2D eigenvalue weighted by Gasteiger charge is 2.08. The van der Waals surface area contributed by atoms with Crippen molar-refractivity contribution in [1.82, 2.24) is 5.32 Å². The van der Waals surface area contributed by atoms with E-state index in [2.05, 4.69) is 10.0 Å². The number of hydrogen-bond acceptors (Lipinski definition) is 4. The topological polar surface area (TPSA) is 84.5 Å². The Kier molecular flexibility index (Phi) is 5.96. The Hall–Kier alpha value is -3.32. The van der Waals surface area contributed by atoms with E-state index in [1.54, 1.807) is 42.5 Å². The van der Waals surface area contributed by atoms with Gasteiger partial charge in [0.05, 0.1) is 6.26 Å². The molecule has 0 heterocycles. The van der Waals surface area contributed by atoms with Crippen molar-refractivity contribution in [2.24, 2.45) is 0 Å². The molecule has 3 rings (SSSR count). The third-order valence-electron chi connectivity index (χ3n) is 3.76. The van der Waals surface area contributed by atoms with Crippen LogP contribution in [0.25, 0.3) is 0 Å². The van der Waals surface area contributed by atoms with Crippen molar-refractivity contribution in [3.05, 3.63) is 90.0 Å². The van der Waals surface area contributed by atoms with Gasteiger partial charge in [-0.15, -0.1) is 0 Å². The molecule has 28 heavy (non-hydrogen) atoms. The fourth-order valence-electron chi connectivity index (χ4n) is 2.57. The lowest BCUT2D eigenvalue weighted by molar-refractivity contribution is 0.0950. The standard InChI is InChI=1S/C21H20N2O4S/c1-28(25,26)23-18-9-5-7-16(13-18)15-22-21(24)17-8-6-12-20(14-17)27-19-10-3-2-4-11-19/h2-14,23H,15H2,1H3,(H,22,24). The van der Waals surface area contributed by atoms with Gasteiger partial charge in [-0.25, -0.2) is 8.42 Å². The van der Waals surface area contributed by atoms with E-state index in [0.29, 0.717) is 22.7 Å². The lowest BCUT2D eigenvalue weighted by atomic mass is 10.1. The van der Waals surface area contributed by atoms with Crippen molar-refractivity contribution in [3.8, 4) is 11.5 Å². The average Bonchev–Trinajstić information content (AvgIpc) is 2.66. The van der Waals surface area contributed by atoms with Crippen molar-refractivity contribution in [1.29, 1.82) is 0 Å². The molecule has 0 fully saturated rings. The minimum absolute atomic E-state index is 0.250. The van der Waals surface area contributed by atoms with E-state index in [0.717, 1.165) is 11.8 Å². The predicted molar refractivity (Wildman–Crippen MR) is 109 cm³/mol. The smallest absolute Gasteiger partial charge is 0.251 e. The van der Waals surface area contributed by atoms with Crippen molar-refractivity contribution < 1.29 is 17.9 Å². The number of anilines is 1. The summed E-state index contributed by atoms with van der Waals surface area (Å²) in [4.78, 5) is 12.5. The van der Waals surface area contributed by atoms with Gasteiger partial charge in [-0.3, -0.25) is 9.52 Å². The SMILES string of the molecule is CS(=O)(=O)Nc1cccc(CNC(=O)c2cccc(Oc3ccccc3)c2)c1. The molecular formula is C21H20N2O4S. The number of benzene rings is 3. The molecule has 0 aliphatic carbocycles. The van der Waals surface area contributed by atoms with Gasteiger partial charge < -0.3 is 10.1 Å². The first-order valence-electron chi connectivity index (χ1n) is 8.57. The maximum atomic E-state index is 12.5. The summed E-state index contributed by atoms with van der Waals surface area (Å²) in [6, 6.07) is 23.1. The number of hydrogen-bond donors (Lipinski definition) is 2. The van der Waals surface area contributed by atoms with Crippen molar-refractivity contribution in [2.75, 3.05) is 11.0 Å². The first-order chi connectivity index (χ1) is 13.4. The van der Waals surface area contributed by atoms with Crippen LogP contribution in [0.4, 0.5) is 5.69 Å². The third-order valence-corrected chi connectivity index (χ3v) is 4.36. The molecule has 0 saturated heterocycles. The maximum absolute atomic E-state index is 12.5. The zero-order valence-electron chi connectivity index (χ0n) is 15.3. The van der Waals surface area contributed by atoms with E-state index in [1.807, 2.05) is 36.4 Å². The summed E-state index contributed by atoms with van der Waals surface area (Å²) in [6.07, 6.45) is 1.09. The summed E-state index contributed by atoms with van der Waals surface area (Å²) in [5.74, 6) is 1.01. The van der Waals surface area contributed by atoms with Gasteiger partial charge in [-0.2, -0.15) is 0 Å². The molecule has 6 nitrogen and oxygen atoms in total. The van der Waals surface area contributed by atoms with Crippen molar-refractivity contribution >= 4 is 21.6 Å². The Labute approximate surface area is 164 Å². The number of carbonyl (C=O) groups is 1. The molecule has 0 aliphatic rings. The third kappa shape index (κ3) is 5.85. The van der Waals surface area contributed by atoms with E-state index in [9.17, 15) is 13.2 Å². The Morgan fingerprint density at radius 3 is 2.36 bits per heavy atom. The minimum atomic E-state index is -3.35. The van der Waals surface area contributed by atoms with Gasteiger partial charge in [0.1, 0.15) is 11.5 Å². The van der Waals surface area contributed by atoms with Crippen LogP contribution in [0.3, 0.4) is 0 Å². The fraction of sp³-hybridized carbons (Fsp3) is 0.0952. The number of ether oxygens (including phenoxy) is 1. The van der Waals surface area contributed by atoms with Gasteiger partial charge >= 0.3 is 0 Å². The van der Waals surface area contributed by atoms with Gasteiger partial charge in [-0.1, -0.05) is 36.4 Å². The van der Waals surface area contributed by atoms with E-state index in [-0.39, 0.29) is 12.5 Å². The molecule has 0 bridgehead atoms. The molecule has 1 amide bonds. The summed E-state index contributed by atoms with van der Waals surface area (Å²) in [5, 5.41) is 2.82. The van der Waals surface area contributed by atoms with Gasteiger partial charge in [-0.05, 0) is 48.0 Å². The number of amides is 1. The highest BCUT2D eigenvalue weighted by atomic mass is 32.2. The number of rotatable bonds is 7. The van der Waals surface area contributed by atoms with E-state index < -0.39 is 10.0 Å². The van der Waals surface area contributed by atoms with E-state index in [4.69, 9.17) is 4.74 Å². The van der Waals surface area contributed by atoms with Crippen LogP contribution < -0.4 is 14.8 Å². The Bertz CT molecular complexity index is 1070. The van der Waals surface area contributed by atoms with Crippen LogP contribution in [0.1, 0.15) is 15.9 Å². The summed E-state index contributed by atoms with van der Waals surface area (Å²) < 4.78 is 30.8. The van der Waals surface area contributed by atoms with Crippen LogP contribution in [0, 0.1) is 0 Å². The van der Waals surface area contributed by atoms with Crippen LogP contribution in [-0.2, 0) is 16.6 Å². The molecule has 7 heteroatoms. The monoisotopic (exact) mass is 396 g/mol. The van der Waals surface area contributed by atoms with Gasteiger partial charge in [0.25, 0.3) is 5.91 Å². The second-order valence-corrected chi connectivity index (χ2v) is 7.95. The summed E-state index contributed by atoms with van der Waals surface area (Å²) in [5.41, 5.74) is 1.70. The highest BCUT2D eigenvalue weighted by Crippen LogP contribution is 2.22. The average molecular weight is 396 g/mol. The normalized spacial score (nSPS) is 10.9. The molecule has 144 valence electrons. The lowest BCUT2D eigenvalue weighted by Gasteiger charge is -2.10. The fourth-order valence-corrected chi connectivity index (χ4v) is 3.12. The second-order valence-electron chi connectivity index (χ2n) is 6.20. The molecule has 0 spiro atoms. The second kappa shape index (κ2) is 8.58. The molecule has 0 unspecified atom stereocenters. The van der Waals surface area contributed by atoms with Gasteiger partial charge in [0, 0.05) is 17.8 Å². The molecule has 2 N–H and O–H groups in total. The van der Waals surface area contributed by atoms with Crippen LogP contribution >= 0.6 is 0 Å². The minimum Gasteiger partial charge on any atom is -0.457 e. The number of sulfonamides is 1. The van der Waals surface area contributed by atoms with Crippen molar-refractivity contribution in [2.45, 2.75) is 6.54 Å². The molecule has 0 radical (unpaired) electrons. The highest BCUT2D eigenvalue weighted by molar-refractivity contribution is 7.92. The number of nitrogens with one attached hydrogen (secondary N) is 2. The van der Waals surface area contributed by atoms with E-state index >= 15 is 0 Å². The van der Waals surface area contributed by atoms with Crippen molar-refractivity contribution in [3.63, 3.8) is 0 Å². The van der Waals surface area contributed by atoms with Gasteiger partial charge in [0.2, 0.25) is 10.0 Å². The Morgan fingerprint density at radius 1 is 0.893 bits per heavy atom. The number of para-hydroxylation sites is 1. The van der Waals surface area contributed by atoms with Crippen LogP contribution in [0.15, 0.2) is 78.9 Å². The van der Waals surface area contributed by atoms with E-state index in [1.165, 1.54) is 0 Å². The lowest BCUT2D eigenvalue weighted by Crippen LogP contribution is -2.22. The predicted octanol–water partition coefficient (Wildman–Crippen LogP) is 3.78. The summed E-state index contributed by atoms with van der Waals surface area (Å²) >= 11 is 0. The number of carbonyl (C=O) groups excluding carboxylic acids is 1. The Balaban J connectivity index is 1.64. The quantitative estimate of drug-likeness (QED) is 0.637. The zero-order valence-corrected chi connectivity index (χ0v) is 16.1. The molecule has 3 aromatic carbocycles. The van der Waals surface area contributed by atoms with Gasteiger partial charge in [0.15, 0.2) is 0 Å². The van der Waals surface area contributed by atoms with Crippen LogP contribution in [0.5, 0.6) is 11.5 Å². The molecular weight excluding hydrogens is 376 g/mol. The molecule has 0 atom stereocenters. The Morgan fingerprint density at radius 2 is 1.61 bits per heavy atom.